The molecule has 2 rings (SSSR count). The number of rotatable bonds is 4. The van der Waals surface area contributed by atoms with Crippen molar-refractivity contribution < 1.29 is 19.4 Å². The van der Waals surface area contributed by atoms with Crippen molar-refractivity contribution in [2.24, 2.45) is 0 Å². The summed E-state index contributed by atoms with van der Waals surface area (Å²) in [5, 5.41) is 8.94. The zero-order valence-corrected chi connectivity index (χ0v) is 10.5. The molecule has 0 saturated heterocycles. The minimum atomic E-state index is -1.11. The number of carboxylic acid groups (broad SMARTS) is 1. The minimum Gasteiger partial charge on any atom is -0.497 e. The van der Waals surface area contributed by atoms with E-state index < -0.39 is 5.97 Å². The summed E-state index contributed by atoms with van der Waals surface area (Å²) in [6.07, 6.45) is 1.21. The Labute approximate surface area is 109 Å². The average molecular weight is 260 g/mol. The molecule has 1 aromatic carbocycles. The summed E-state index contributed by atoms with van der Waals surface area (Å²) in [7, 11) is 3.08. The number of carbonyl (C=O) groups is 1. The number of methoxy groups -OCH3 is 2. The predicted octanol–water partition coefficient (Wildman–Crippen LogP) is 1.86. The lowest BCUT2D eigenvalue weighted by Crippen LogP contribution is -2.01. The van der Waals surface area contributed by atoms with Crippen LogP contribution in [0.1, 0.15) is 10.5 Å². The Morgan fingerprint density at radius 2 is 1.95 bits per heavy atom. The highest BCUT2D eigenvalue weighted by atomic mass is 16.5. The van der Waals surface area contributed by atoms with Crippen molar-refractivity contribution in [3.05, 3.63) is 36.3 Å². The first-order valence-corrected chi connectivity index (χ1v) is 5.43. The van der Waals surface area contributed by atoms with Crippen LogP contribution in [0.15, 0.2) is 30.6 Å². The molecule has 0 aliphatic rings. The molecule has 0 radical (unpaired) electrons. The van der Waals surface area contributed by atoms with Crippen LogP contribution < -0.4 is 9.47 Å². The normalized spacial score (nSPS) is 10.0. The topological polar surface area (TPSA) is 81.5 Å². The van der Waals surface area contributed by atoms with Gasteiger partial charge < -0.3 is 14.6 Å². The largest absolute Gasteiger partial charge is 0.497 e. The maximum Gasteiger partial charge on any atom is 0.354 e. The van der Waals surface area contributed by atoms with Gasteiger partial charge in [0.15, 0.2) is 5.69 Å². The van der Waals surface area contributed by atoms with Crippen LogP contribution in [0.25, 0.3) is 11.3 Å². The lowest BCUT2D eigenvalue weighted by atomic mass is 10.1. The summed E-state index contributed by atoms with van der Waals surface area (Å²) in [6.45, 7) is 0. The molecule has 6 heteroatoms. The molecule has 0 saturated carbocycles. The van der Waals surface area contributed by atoms with E-state index >= 15 is 0 Å². The first-order chi connectivity index (χ1) is 9.15. The lowest BCUT2D eigenvalue weighted by Gasteiger charge is -2.10. The summed E-state index contributed by atoms with van der Waals surface area (Å²) in [4.78, 5) is 18.7. The van der Waals surface area contributed by atoms with E-state index in [9.17, 15) is 4.79 Å². The zero-order chi connectivity index (χ0) is 13.8. The number of carboxylic acids is 1. The molecule has 0 aliphatic carbocycles. The number of hydrogen-bond donors (Lipinski definition) is 1. The highest BCUT2D eigenvalue weighted by molar-refractivity contribution is 5.87. The first kappa shape index (κ1) is 12.8. The zero-order valence-electron chi connectivity index (χ0n) is 10.5. The number of aromatic nitrogens is 2. The molecule has 0 atom stereocenters. The van der Waals surface area contributed by atoms with Crippen LogP contribution >= 0.6 is 0 Å². The molecule has 0 aliphatic heterocycles. The second kappa shape index (κ2) is 5.34. The number of nitrogens with zero attached hydrogens (tertiary/aromatic N) is 2. The average Bonchev–Trinajstić information content (AvgIpc) is 2.46. The molecule has 1 aromatic heterocycles. The van der Waals surface area contributed by atoms with Crippen LogP contribution in [0.4, 0.5) is 0 Å². The molecule has 2 aromatic rings. The van der Waals surface area contributed by atoms with E-state index in [0.717, 1.165) is 0 Å². The van der Waals surface area contributed by atoms with Gasteiger partial charge in [-0.1, -0.05) is 0 Å². The van der Waals surface area contributed by atoms with Gasteiger partial charge in [0.2, 0.25) is 0 Å². The van der Waals surface area contributed by atoms with Gasteiger partial charge in [-0.05, 0) is 24.3 Å². The first-order valence-electron chi connectivity index (χ1n) is 5.43. The third kappa shape index (κ3) is 2.62. The van der Waals surface area contributed by atoms with Crippen LogP contribution in [0.5, 0.6) is 11.5 Å². The Bertz CT molecular complexity index is 613. The van der Waals surface area contributed by atoms with Crippen molar-refractivity contribution in [1.29, 1.82) is 0 Å². The van der Waals surface area contributed by atoms with Crippen LogP contribution in [0.2, 0.25) is 0 Å². The molecular formula is C13H12N2O4. The van der Waals surface area contributed by atoms with E-state index in [1.165, 1.54) is 19.5 Å². The molecule has 0 unspecified atom stereocenters. The molecule has 0 bridgehead atoms. The number of ether oxygens (including phenoxy) is 2. The fraction of sp³-hybridized carbons (Fsp3) is 0.154. The molecule has 0 amide bonds. The lowest BCUT2D eigenvalue weighted by molar-refractivity contribution is 0.0690. The van der Waals surface area contributed by atoms with Crippen molar-refractivity contribution >= 4 is 5.97 Å². The van der Waals surface area contributed by atoms with Gasteiger partial charge in [0, 0.05) is 5.56 Å². The Morgan fingerprint density at radius 1 is 1.16 bits per heavy atom. The van der Waals surface area contributed by atoms with E-state index in [2.05, 4.69) is 9.97 Å². The van der Waals surface area contributed by atoms with Crippen molar-refractivity contribution in [2.75, 3.05) is 14.2 Å². The molecule has 6 nitrogen and oxygen atoms in total. The summed E-state index contributed by atoms with van der Waals surface area (Å²) in [6, 6.07) is 6.60. The van der Waals surface area contributed by atoms with E-state index in [1.54, 1.807) is 25.3 Å². The van der Waals surface area contributed by atoms with E-state index in [4.69, 9.17) is 14.6 Å². The SMILES string of the molecule is COc1ccc(OC)c(-c2cc(C(=O)O)ncn2)c1. The number of aromatic carboxylic acids is 1. The molecule has 1 heterocycles. The van der Waals surface area contributed by atoms with Crippen LogP contribution in [0, 0.1) is 0 Å². The van der Waals surface area contributed by atoms with Gasteiger partial charge in [-0.3, -0.25) is 0 Å². The molecule has 1 N–H and O–H groups in total. The Kier molecular flexibility index (Phi) is 3.61. The van der Waals surface area contributed by atoms with Gasteiger partial charge in [-0.15, -0.1) is 0 Å². The highest BCUT2D eigenvalue weighted by Gasteiger charge is 2.12. The second-order valence-electron chi connectivity index (χ2n) is 3.66. The van der Waals surface area contributed by atoms with Gasteiger partial charge in [0.25, 0.3) is 0 Å². The summed E-state index contributed by atoms with van der Waals surface area (Å²) >= 11 is 0. The van der Waals surface area contributed by atoms with Crippen molar-refractivity contribution in [3.63, 3.8) is 0 Å². The monoisotopic (exact) mass is 260 g/mol. The fourth-order valence-corrected chi connectivity index (χ4v) is 1.64. The maximum absolute atomic E-state index is 10.9. The number of hydrogen-bond acceptors (Lipinski definition) is 5. The summed E-state index contributed by atoms with van der Waals surface area (Å²) in [5.41, 5.74) is 1.03. The van der Waals surface area contributed by atoms with Crippen molar-refractivity contribution in [3.8, 4) is 22.8 Å². The summed E-state index contributed by atoms with van der Waals surface area (Å²) in [5.74, 6) is 0.104. The summed E-state index contributed by atoms with van der Waals surface area (Å²) < 4.78 is 10.4. The second-order valence-corrected chi connectivity index (χ2v) is 3.66. The molecule has 0 fully saturated rings. The molecule has 19 heavy (non-hydrogen) atoms. The molecule has 0 spiro atoms. The highest BCUT2D eigenvalue weighted by Crippen LogP contribution is 2.32. The van der Waals surface area contributed by atoms with E-state index in [0.29, 0.717) is 22.8 Å². The van der Waals surface area contributed by atoms with Gasteiger partial charge in [-0.25, -0.2) is 14.8 Å². The Morgan fingerprint density at radius 3 is 2.58 bits per heavy atom. The third-order valence-corrected chi connectivity index (χ3v) is 2.57. The minimum absolute atomic E-state index is 0.0742. The van der Waals surface area contributed by atoms with Crippen LogP contribution in [-0.4, -0.2) is 35.3 Å². The van der Waals surface area contributed by atoms with Crippen molar-refractivity contribution in [2.45, 2.75) is 0 Å². The Hall–Kier alpha value is -2.63. The number of benzene rings is 1. The quantitative estimate of drug-likeness (QED) is 0.903. The van der Waals surface area contributed by atoms with E-state index in [-0.39, 0.29) is 5.69 Å². The van der Waals surface area contributed by atoms with Crippen LogP contribution in [-0.2, 0) is 0 Å². The fourth-order valence-electron chi connectivity index (χ4n) is 1.64. The van der Waals surface area contributed by atoms with E-state index in [1.807, 2.05) is 0 Å². The third-order valence-electron chi connectivity index (χ3n) is 2.57. The van der Waals surface area contributed by atoms with Gasteiger partial charge in [-0.2, -0.15) is 0 Å². The van der Waals surface area contributed by atoms with Gasteiger partial charge >= 0.3 is 5.97 Å². The Balaban J connectivity index is 2.56. The standard InChI is InChI=1S/C13H12N2O4/c1-18-8-3-4-12(19-2)9(5-8)10-6-11(13(16)17)15-7-14-10/h3-7H,1-2H3,(H,16,17). The van der Waals surface area contributed by atoms with Crippen LogP contribution in [0.3, 0.4) is 0 Å². The van der Waals surface area contributed by atoms with Crippen molar-refractivity contribution in [1.82, 2.24) is 9.97 Å². The van der Waals surface area contributed by atoms with Gasteiger partial charge in [0.05, 0.1) is 19.9 Å². The molecule has 98 valence electrons. The predicted molar refractivity (Wildman–Crippen MR) is 67.5 cm³/mol. The maximum atomic E-state index is 10.9. The van der Waals surface area contributed by atoms with Gasteiger partial charge in [0.1, 0.15) is 17.8 Å². The smallest absolute Gasteiger partial charge is 0.354 e. The molecular weight excluding hydrogens is 248 g/mol.